The van der Waals surface area contributed by atoms with Gasteiger partial charge in [-0.05, 0) is 37.3 Å². The molecular formula is C15H17ClF3N3S. The molecule has 0 radical (unpaired) electrons. The number of nitrogens with two attached hydrogens (primary N) is 1. The monoisotopic (exact) mass is 363 g/mol. The minimum atomic E-state index is -4.19. The molecule has 1 aromatic rings. The maximum atomic E-state index is 12.8. The first-order chi connectivity index (χ1) is 10.7. The second-order valence-corrected chi connectivity index (χ2v) is 7.30. The number of fused-ring (bicyclic) bond motifs is 2. The third-order valence-electron chi connectivity index (χ3n) is 5.03. The van der Waals surface area contributed by atoms with Gasteiger partial charge in [-0.3, -0.25) is 9.88 Å². The third-order valence-corrected chi connectivity index (χ3v) is 5.63. The van der Waals surface area contributed by atoms with Gasteiger partial charge in [0.05, 0.1) is 16.6 Å². The second kappa shape index (κ2) is 5.86. The topological polar surface area (TPSA) is 42.1 Å². The fraction of sp³-hybridized carbons (Fsp3) is 0.600. The van der Waals surface area contributed by atoms with E-state index in [0.29, 0.717) is 22.9 Å². The zero-order chi connectivity index (χ0) is 16.8. The maximum Gasteiger partial charge on any atom is 0.401 e. The van der Waals surface area contributed by atoms with Crippen LogP contribution < -0.4 is 5.73 Å². The van der Waals surface area contributed by atoms with Gasteiger partial charge in [-0.1, -0.05) is 23.8 Å². The predicted molar refractivity (Wildman–Crippen MR) is 86.5 cm³/mol. The molecule has 0 aromatic carbocycles. The average molecular weight is 364 g/mol. The molecule has 0 spiro atoms. The van der Waals surface area contributed by atoms with E-state index in [2.05, 4.69) is 4.98 Å². The molecule has 1 aromatic heterocycles. The Morgan fingerprint density at radius 1 is 1.35 bits per heavy atom. The van der Waals surface area contributed by atoms with Crippen LogP contribution in [0.1, 0.15) is 31.2 Å². The van der Waals surface area contributed by atoms with E-state index in [-0.39, 0.29) is 12.1 Å². The van der Waals surface area contributed by atoms with Crippen molar-refractivity contribution >= 4 is 28.8 Å². The summed E-state index contributed by atoms with van der Waals surface area (Å²) in [6.07, 6.45) is 1.43. The first-order valence-corrected chi connectivity index (χ1v) is 8.23. The lowest BCUT2D eigenvalue weighted by atomic mass is 9.70. The highest BCUT2D eigenvalue weighted by Gasteiger charge is 2.52. The van der Waals surface area contributed by atoms with Crippen LogP contribution in [0.5, 0.6) is 0 Å². The van der Waals surface area contributed by atoms with Crippen molar-refractivity contribution in [1.82, 2.24) is 9.88 Å². The Morgan fingerprint density at radius 3 is 2.43 bits per heavy atom. The summed E-state index contributed by atoms with van der Waals surface area (Å²) >= 11 is 11.3. The van der Waals surface area contributed by atoms with E-state index in [1.165, 1.54) is 6.20 Å². The molecule has 2 saturated heterocycles. The molecule has 2 bridgehead atoms. The first kappa shape index (κ1) is 16.9. The highest BCUT2D eigenvalue weighted by atomic mass is 35.5. The van der Waals surface area contributed by atoms with E-state index in [4.69, 9.17) is 29.6 Å². The van der Waals surface area contributed by atoms with Crippen LogP contribution in [-0.4, -0.2) is 39.7 Å². The number of hydrogen-bond donors (Lipinski definition) is 1. The summed E-state index contributed by atoms with van der Waals surface area (Å²) < 4.78 is 38.5. The Labute approximate surface area is 143 Å². The lowest BCUT2D eigenvalue weighted by Crippen LogP contribution is -2.56. The molecule has 3 atom stereocenters. The van der Waals surface area contributed by atoms with E-state index < -0.39 is 18.1 Å². The normalized spacial score (nSPS) is 31.3. The van der Waals surface area contributed by atoms with Gasteiger partial charge in [0.25, 0.3) is 0 Å². The van der Waals surface area contributed by atoms with Gasteiger partial charge in [-0.25, -0.2) is 0 Å². The lowest BCUT2D eigenvalue weighted by molar-refractivity contribution is -0.156. The maximum absolute atomic E-state index is 12.8. The van der Waals surface area contributed by atoms with Crippen molar-refractivity contribution < 1.29 is 13.2 Å². The number of piperidine rings is 1. The Morgan fingerprint density at radius 2 is 1.96 bits per heavy atom. The molecule has 2 aliphatic heterocycles. The average Bonchev–Trinajstić information content (AvgIpc) is 2.69. The van der Waals surface area contributed by atoms with Crippen LogP contribution in [0.2, 0.25) is 5.02 Å². The van der Waals surface area contributed by atoms with Gasteiger partial charge in [0.2, 0.25) is 0 Å². The van der Waals surface area contributed by atoms with Crippen molar-refractivity contribution in [2.45, 2.75) is 49.4 Å². The summed E-state index contributed by atoms with van der Waals surface area (Å²) in [7, 11) is 0. The molecule has 3 rings (SSSR count). The first-order valence-electron chi connectivity index (χ1n) is 7.45. The number of hydrogen-bond acceptors (Lipinski definition) is 3. The number of pyridine rings is 1. The number of aromatic nitrogens is 1. The van der Waals surface area contributed by atoms with Crippen molar-refractivity contribution in [1.29, 1.82) is 0 Å². The largest absolute Gasteiger partial charge is 0.401 e. The molecule has 23 heavy (non-hydrogen) atoms. The molecule has 8 heteroatoms. The van der Waals surface area contributed by atoms with E-state index in [1.807, 2.05) is 0 Å². The lowest BCUT2D eigenvalue weighted by Gasteiger charge is -2.46. The van der Waals surface area contributed by atoms with E-state index in [1.54, 1.807) is 17.2 Å². The molecule has 0 aliphatic carbocycles. The smallest absolute Gasteiger partial charge is 0.393 e. The van der Waals surface area contributed by atoms with Crippen molar-refractivity contribution in [2.24, 2.45) is 5.73 Å². The number of halogens is 4. The molecule has 2 aliphatic rings. The van der Waals surface area contributed by atoms with Crippen LogP contribution in [0.3, 0.4) is 0 Å². The van der Waals surface area contributed by atoms with Gasteiger partial charge in [0, 0.05) is 29.9 Å². The minimum Gasteiger partial charge on any atom is -0.393 e. The van der Waals surface area contributed by atoms with Gasteiger partial charge < -0.3 is 5.73 Å². The van der Waals surface area contributed by atoms with E-state index >= 15 is 0 Å². The number of alkyl halides is 3. The highest BCUT2D eigenvalue weighted by Crippen LogP contribution is 2.48. The second-order valence-electron chi connectivity index (χ2n) is 6.42. The fourth-order valence-electron chi connectivity index (χ4n) is 4.06. The van der Waals surface area contributed by atoms with Crippen molar-refractivity contribution in [3.05, 3.63) is 29.0 Å². The fourth-order valence-corrected chi connectivity index (χ4v) is 4.52. The molecule has 0 unspecified atom stereocenters. The number of thiocarbonyl (C=S) groups is 1. The Kier molecular flexibility index (Phi) is 4.31. The Hall–Kier alpha value is -0.920. The third kappa shape index (κ3) is 3.19. The van der Waals surface area contributed by atoms with Gasteiger partial charge >= 0.3 is 6.18 Å². The number of rotatable bonds is 3. The minimum absolute atomic E-state index is 0.171. The van der Waals surface area contributed by atoms with Crippen LogP contribution in [0.15, 0.2) is 18.5 Å². The van der Waals surface area contributed by atoms with Gasteiger partial charge in [-0.15, -0.1) is 0 Å². The zero-order valence-electron chi connectivity index (χ0n) is 12.3. The molecule has 0 amide bonds. The summed E-state index contributed by atoms with van der Waals surface area (Å²) in [6.45, 7) is -0.871. The molecule has 0 saturated carbocycles. The molecule has 3 nitrogen and oxygen atoms in total. The molecular weight excluding hydrogens is 347 g/mol. The van der Waals surface area contributed by atoms with Crippen LogP contribution >= 0.6 is 23.8 Å². The number of nitrogens with zero attached hydrogens (tertiary/aromatic N) is 2. The summed E-state index contributed by atoms with van der Waals surface area (Å²) in [4.78, 5) is 5.97. The molecule has 3 heterocycles. The van der Waals surface area contributed by atoms with E-state index in [0.717, 1.165) is 18.4 Å². The SMILES string of the molecule is NC(=S)[C@@]1(c2cncc(Cl)c2)C[C@H]2CC[C@@H](C1)N2CC(F)(F)F. The predicted octanol–water partition coefficient (Wildman–Crippen LogP) is 3.45. The summed E-state index contributed by atoms with van der Waals surface area (Å²) in [5.74, 6) is 0. The van der Waals surface area contributed by atoms with Crippen LogP contribution in [0.4, 0.5) is 13.2 Å². The van der Waals surface area contributed by atoms with Gasteiger partial charge in [0.1, 0.15) is 0 Å². The molecule has 2 fully saturated rings. The van der Waals surface area contributed by atoms with Crippen LogP contribution in [0, 0.1) is 0 Å². The standard InChI is InChI=1S/C15H17ClF3N3S/c16-10-3-9(6-21-7-10)14(13(20)23)4-11-1-2-12(5-14)22(11)8-15(17,18)19/h3,6-7,11-12H,1-2,4-5,8H2,(H2,20,23)/t11-,12+,14+. The van der Waals surface area contributed by atoms with Crippen molar-refractivity contribution in [3.8, 4) is 0 Å². The zero-order valence-corrected chi connectivity index (χ0v) is 13.9. The summed E-state index contributed by atoms with van der Waals surface area (Å²) in [5, 5.41) is 0.475. The van der Waals surface area contributed by atoms with Crippen molar-refractivity contribution in [2.75, 3.05) is 6.54 Å². The van der Waals surface area contributed by atoms with E-state index in [9.17, 15) is 13.2 Å². The molecule has 126 valence electrons. The Bertz CT molecular complexity index is 608. The summed E-state index contributed by atoms with van der Waals surface area (Å²) in [6, 6.07) is 1.43. The van der Waals surface area contributed by atoms with Crippen LogP contribution in [-0.2, 0) is 5.41 Å². The van der Waals surface area contributed by atoms with Crippen molar-refractivity contribution in [3.63, 3.8) is 0 Å². The highest BCUT2D eigenvalue weighted by molar-refractivity contribution is 7.80. The van der Waals surface area contributed by atoms with Crippen LogP contribution in [0.25, 0.3) is 0 Å². The molecule has 2 N–H and O–H groups in total. The van der Waals surface area contributed by atoms with Gasteiger partial charge in [-0.2, -0.15) is 13.2 Å². The summed E-state index contributed by atoms with van der Waals surface area (Å²) in [5.41, 5.74) is 6.21. The quantitative estimate of drug-likeness (QED) is 0.835. The Balaban J connectivity index is 1.93. The van der Waals surface area contributed by atoms with Gasteiger partial charge in [0.15, 0.2) is 0 Å².